The summed E-state index contributed by atoms with van der Waals surface area (Å²) in [6.07, 6.45) is -0.532. The summed E-state index contributed by atoms with van der Waals surface area (Å²) in [5.74, 6) is -1.21. The predicted molar refractivity (Wildman–Crippen MR) is 92.7 cm³/mol. The highest BCUT2D eigenvalue weighted by atomic mass is 16.5. The molecule has 1 aromatic rings. The maximum absolute atomic E-state index is 13.1. The third kappa shape index (κ3) is 3.31. The van der Waals surface area contributed by atoms with Crippen LogP contribution in [-0.4, -0.2) is 29.1 Å². The number of rotatable bonds is 5. The highest BCUT2D eigenvalue weighted by Gasteiger charge is 2.59. The Morgan fingerprint density at radius 3 is 2.26 bits per heavy atom. The SMILES string of the molecule is CCOC(=O)CC1=C(C(=O)c2ccc(C#N)cc2)C(C)(O)C(C#N)(C#N)C1. The Morgan fingerprint density at radius 1 is 1.19 bits per heavy atom. The average Bonchev–Trinajstić information content (AvgIpc) is 2.87. The van der Waals surface area contributed by atoms with Crippen molar-refractivity contribution in [1.82, 2.24) is 0 Å². The maximum atomic E-state index is 13.1. The summed E-state index contributed by atoms with van der Waals surface area (Å²) < 4.78 is 4.90. The van der Waals surface area contributed by atoms with E-state index in [2.05, 4.69) is 0 Å². The number of benzene rings is 1. The first kappa shape index (κ1) is 19.8. The minimum Gasteiger partial charge on any atom is -0.466 e. The fourth-order valence-corrected chi connectivity index (χ4v) is 3.22. The van der Waals surface area contributed by atoms with Crippen molar-refractivity contribution in [2.75, 3.05) is 6.61 Å². The van der Waals surface area contributed by atoms with Crippen LogP contribution in [0.1, 0.15) is 42.6 Å². The van der Waals surface area contributed by atoms with E-state index in [4.69, 9.17) is 10.00 Å². The van der Waals surface area contributed by atoms with Crippen LogP contribution < -0.4 is 0 Å². The zero-order chi connectivity index (χ0) is 20.2. The van der Waals surface area contributed by atoms with Gasteiger partial charge in [0.2, 0.25) is 0 Å². The van der Waals surface area contributed by atoms with E-state index in [9.17, 15) is 25.2 Å². The maximum Gasteiger partial charge on any atom is 0.309 e. The van der Waals surface area contributed by atoms with Crippen molar-refractivity contribution in [1.29, 1.82) is 15.8 Å². The minimum absolute atomic E-state index is 0.142. The fourth-order valence-electron chi connectivity index (χ4n) is 3.22. The van der Waals surface area contributed by atoms with Gasteiger partial charge in [0.25, 0.3) is 0 Å². The van der Waals surface area contributed by atoms with Crippen molar-refractivity contribution in [3.05, 3.63) is 46.5 Å². The first-order valence-corrected chi connectivity index (χ1v) is 8.24. The fraction of sp³-hybridized carbons (Fsp3) is 0.350. The largest absolute Gasteiger partial charge is 0.466 e. The van der Waals surface area contributed by atoms with Crippen LogP contribution >= 0.6 is 0 Å². The number of ether oxygens (including phenoxy) is 1. The number of esters is 1. The standard InChI is InChI=1S/C20H17N3O4/c1-3-27-16(24)8-15-9-20(11-22,12-23)19(2,26)17(15)18(25)14-6-4-13(10-21)5-7-14/h4-7,26H,3,8-9H2,1-2H3. The normalized spacial score (nSPS) is 20.3. The number of hydrogen-bond donors (Lipinski definition) is 1. The van der Waals surface area contributed by atoms with Crippen LogP contribution in [0.4, 0.5) is 0 Å². The van der Waals surface area contributed by atoms with Gasteiger partial charge in [0.1, 0.15) is 5.60 Å². The van der Waals surface area contributed by atoms with E-state index in [-0.39, 0.29) is 36.2 Å². The third-order valence-corrected chi connectivity index (χ3v) is 4.70. The number of nitrogens with zero attached hydrogens (tertiary/aromatic N) is 3. The topological polar surface area (TPSA) is 135 Å². The molecule has 0 bridgehead atoms. The number of carbonyl (C=O) groups excluding carboxylic acids is 2. The van der Waals surface area contributed by atoms with Gasteiger partial charge in [0.05, 0.1) is 36.8 Å². The summed E-state index contributed by atoms with van der Waals surface area (Å²) in [6, 6.07) is 11.3. The van der Waals surface area contributed by atoms with Gasteiger partial charge in [-0.3, -0.25) is 9.59 Å². The molecule has 0 spiro atoms. The second-order valence-corrected chi connectivity index (χ2v) is 6.36. The lowest BCUT2D eigenvalue weighted by atomic mass is 9.73. The number of ketones is 1. The molecule has 0 fully saturated rings. The first-order chi connectivity index (χ1) is 12.8. The molecule has 0 saturated carbocycles. The summed E-state index contributed by atoms with van der Waals surface area (Å²) >= 11 is 0. The van der Waals surface area contributed by atoms with Crippen LogP contribution in [0.2, 0.25) is 0 Å². The van der Waals surface area contributed by atoms with Gasteiger partial charge in [-0.2, -0.15) is 15.8 Å². The summed E-state index contributed by atoms with van der Waals surface area (Å²) in [5, 5.41) is 38.9. The van der Waals surface area contributed by atoms with Crippen LogP contribution in [0.5, 0.6) is 0 Å². The molecule has 0 heterocycles. The Hall–Kier alpha value is -3.47. The van der Waals surface area contributed by atoms with Crippen molar-refractivity contribution < 1.29 is 19.4 Å². The number of Topliss-reactive ketones (excluding diaryl/α,β-unsaturated/α-hetero) is 1. The van der Waals surface area contributed by atoms with E-state index >= 15 is 0 Å². The van der Waals surface area contributed by atoms with Crippen molar-refractivity contribution >= 4 is 11.8 Å². The molecule has 0 amide bonds. The zero-order valence-corrected chi connectivity index (χ0v) is 14.9. The molecule has 1 aromatic carbocycles. The molecule has 27 heavy (non-hydrogen) atoms. The Morgan fingerprint density at radius 2 is 1.78 bits per heavy atom. The molecule has 7 nitrogen and oxygen atoms in total. The lowest BCUT2D eigenvalue weighted by Crippen LogP contribution is -2.43. The van der Waals surface area contributed by atoms with E-state index in [1.54, 1.807) is 19.1 Å². The molecular formula is C20H17N3O4. The molecule has 2 rings (SSSR count). The highest BCUT2D eigenvalue weighted by Crippen LogP contribution is 2.51. The van der Waals surface area contributed by atoms with E-state index in [1.165, 1.54) is 31.2 Å². The summed E-state index contributed by atoms with van der Waals surface area (Å²) in [6.45, 7) is 3.01. The van der Waals surface area contributed by atoms with Gasteiger partial charge in [0.15, 0.2) is 11.2 Å². The van der Waals surface area contributed by atoms with Crippen LogP contribution in [0.15, 0.2) is 35.4 Å². The molecule has 7 heteroatoms. The van der Waals surface area contributed by atoms with Gasteiger partial charge in [-0.15, -0.1) is 0 Å². The summed E-state index contributed by atoms with van der Waals surface area (Å²) in [4.78, 5) is 25.0. The Bertz CT molecular complexity index is 923. The molecule has 0 saturated heterocycles. The van der Waals surface area contributed by atoms with Crippen molar-refractivity contribution in [3.63, 3.8) is 0 Å². The third-order valence-electron chi connectivity index (χ3n) is 4.70. The van der Waals surface area contributed by atoms with Gasteiger partial charge in [-0.05, 0) is 43.7 Å². The molecule has 0 aliphatic heterocycles. The van der Waals surface area contributed by atoms with Gasteiger partial charge in [0, 0.05) is 17.6 Å². The van der Waals surface area contributed by atoms with E-state index in [1.807, 2.05) is 6.07 Å². The smallest absolute Gasteiger partial charge is 0.309 e. The second-order valence-electron chi connectivity index (χ2n) is 6.36. The monoisotopic (exact) mass is 363 g/mol. The lowest BCUT2D eigenvalue weighted by Gasteiger charge is -2.30. The zero-order valence-electron chi connectivity index (χ0n) is 14.9. The molecule has 136 valence electrons. The molecule has 0 aromatic heterocycles. The van der Waals surface area contributed by atoms with Crippen LogP contribution in [0, 0.1) is 39.4 Å². The lowest BCUT2D eigenvalue weighted by molar-refractivity contribution is -0.142. The van der Waals surface area contributed by atoms with E-state index in [0.717, 1.165) is 0 Å². The van der Waals surface area contributed by atoms with Crippen LogP contribution in [0.25, 0.3) is 0 Å². The van der Waals surface area contributed by atoms with E-state index < -0.39 is 22.8 Å². The summed E-state index contributed by atoms with van der Waals surface area (Å²) in [5.41, 5.74) is -3.36. The Balaban J connectivity index is 2.57. The molecule has 1 aliphatic carbocycles. The van der Waals surface area contributed by atoms with Crippen LogP contribution in [-0.2, 0) is 9.53 Å². The van der Waals surface area contributed by atoms with Crippen LogP contribution in [0.3, 0.4) is 0 Å². The molecule has 1 aliphatic rings. The minimum atomic E-state index is -2.07. The number of aliphatic hydroxyl groups is 1. The highest BCUT2D eigenvalue weighted by molar-refractivity contribution is 6.11. The molecule has 1 unspecified atom stereocenters. The van der Waals surface area contributed by atoms with Crippen molar-refractivity contribution in [3.8, 4) is 18.2 Å². The molecule has 0 radical (unpaired) electrons. The van der Waals surface area contributed by atoms with Crippen molar-refractivity contribution in [2.45, 2.75) is 32.3 Å². The predicted octanol–water partition coefficient (Wildman–Crippen LogP) is 2.18. The summed E-state index contributed by atoms with van der Waals surface area (Å²) in [7, 11) is 0. The number of carbonyl (C=O) groups is 2. The Labute approximate surface area is 156 Å². The molecule has 1 N–H and O–H groups in total. The van der Waals surface area contributed by atoms with Gasteiger partial charge >= 0.3 is 5.97 Å². The van der Waals surface area contributed by atoms with Crippen molar-refractivity contribution in [2.24, 2.45) is 5.41 Å². The van der Waals surface area contributed by atoms with Gasteiger partial charge in [-0.1, -0.05) is 0 Å². The van der Waals surface area contributed by atoms with E-state index in [0.29, 0.717) is 5.56 Å². The molecule has 1 atom stereocenters. The van der Waals surface area contributed by atoms with Gasteiger partial charge < -0.3 is 9.84 Å². The Kier molecular flexibility index (Phi) is 5.45. The number of nitriles is 3. The second kappa shape index (κ2) is 7.41. The average molecular weight is 363 g/mol. The number of hydrogen-bond acceptors (Lipinski definition) is 7. The van der Waals surface area contributed by atoms with Gasteiger partial charge in [-0.25, -0.2) is 0 Å². The quantitative estimate of drug-likeness (QED) is 0.625. The molecular weight excluding hydrogens is 346 g/mol. The first-order valence-electron chi connectivity index (χ1n) is 8.24.